The minimum absolute atomic E-state index is 0.0200. The van der Waals surface area contributed by atoms with Crippen LogP contribution in [-0.4, -0.2) is 66.6 Å². The van der Waals surface area contributed by atoms with Gasteiger partial charge >= 0.3 is 0 Å². The maximum Gasteiger partial charge on any atom is 0.242 e. The molecule has 0 unspecified atom stereocenters. The van der Waals surface area contributed by atoms with Crippen LogP contribution < -0.4 is 11.1 Å². The molecule has 2 heterocycles. The number of hydrogen-bond acceptors (Lipinski definition) is 5. The third kappa shape index (κ3) is 4.39. The summed E-state index contributed by atoms with van der Waals surface area (Å²) in [6, 6.07) is -0.539. The molecule has 2 aliphatic rings. The number of hydroxylamine groups is 2. The first-order chi connectivity index (χ1) is 10.1. The number of nitrogens with zero attached hydrogens (tertiary/aromatic N) is 2. The summed E-state index contributed by atoms with van der Waals surface area (Å²) in [5.74, 6) is -0.124. The fourth-order valence-electron chi connectivity index (χ4n) is 2.87. The number of hydrogen-bond donors (Lipinski definition) is 2. The predicted octanol–water partition coefficient (Wildman–Crippen LogP) is -0.532. The molecule has 0 radical (unpaired) electrons. The molecular formula is C14H26N4O3. The molecular weight excluding hydrogens is 272 g/mol. The molecule has 0 bridgehead atoms. The third-order valence-corrected chi connectivity index (χ3v) is 3.96. The Kier molecular flexibility index (Phi) is 5.96. The molecule has 120 valence electrons. The second-order valence-electron chi connectivity index (χ2n) is 5.67. The highest BCUT2D eigenvalue weighted by molar-refractivity contribution is 5.88. The molecule has 0 aromatic heterocycles. The molecule has 0 spiro atoms. The van der Waals surface area contributed by atoms with Crippen molar-refractivity contribution in [3.05, 3.63) is 0 Å². The molecule has 2 fully saturated rings. The van der Waals surface area contributed by atoms with Gasteiger partial charge in [-0.2, -0.15) is 5.06 Å². The average Bonchev–Trinajstić information content (AvgIpc) is 2.88. The van der Waals surface area contributed by atoms with E-state index in [4.69, 9.17) is 10.6 Å². The lowest BCUT2D eigenvalue weighted by Gasteiger charge is -2.28. The van der Waals surface area contributed by atoms with Crippen molar-refractivity contribution < 1.29 is 14.4 Å². The van der Waals surface area contributed by atoms with E-state index in [-0.39, 0.29) is 17.9 Å². The van der Waals surface area contributed by atoms with E-state index < -0.39 is 6.04 Å². The van der Waals surface area contributed by atoms with Crippen LogP contribution in [-0.2, 0) is 14.4 Å². The lowest BCUT2D eigenvalue weighted by molar-refractivity contribution is -0.182. The molecule has 0 aromatic carbocycles. The minimum Gasteiger partial charge on any atom is -0.355 e. The van der Waals surface area contributed by atoms with E-state index >= 15 is 0 Å². The zero-order chi connectivity index (χ0) is 15.2. The van der Waals surface area contributed by atoms with Gasteiger partial charge in [-0.1, -0.05) is 0 Å². The fraction of sp³-hybridized carbons (Fsp3) is 0.857. The Bertz CT molecular complexity index is 371. The van der Waals surface area contributed by atoms with Gasteiger partial charge in [0.05, 0.1) is 6.61 Å². The number of likely N-dealkylation sites (tertiary alicyclic amines) is 1. The van der Waals surface area contributed by atoms with E-state index in [2.05, 4.69) is 5.32 Å². The molecule has 2 saturated heterocycles. The molecule has 2 amide bonds. The van der Waals surface area contributed by atoms with Crippen LogP contribution in [0, 0.1) is 0 Å². The standard InChI is InChI=1S/C14H26N4O3/c1-2-16-14(20)12-9-11(15)10-18(12)13(19)5-7-17-6-3-4-8-21-17/h11-12H,2-10,15H2,1H3,(H,16,20)/t11-,12-/m0/s1. The quantitative estimate of drug-likeness (QED) is 0.712. The van der Waals surface area contributed by atoms with Crippen LogP contribution >= 0.6 is 0 Å². The highest BCUT2D eigenvalue weighted by atomic mass is 16.7. The summed E-state index contributed by atoms with van der Waals surface area (Å²) in [7, 11) is 0. The molecule has 7 heteroatoms. The Balaban J connectivity index is 1.85. The monoisotopic (exact) mass is 298 g/mol. The van der Waals surface area contributed by atoms with Crippen molar-refractivity contribution in [2.24, 2.45) is 5.73 Å². The Morgan fingerprint density at radius 1 is 1.38 bits per heavy atom. The van der Waals surface area contributed by atoms with Crippen LogP contribution in [0.1, 0.15) is 32.6 Å². The first-order valence-electron chi connectivity index (χ1n) is 7.82. The normalized spacial score (nSPS) is 26.9. The van der Waals surface area contributed by atoms with Crippen LogP contribution in [0.3, 0.4) is 0 Å². The molecule has 2 atom stereocenters. The van der Waals surface area contributed by atoms with Gasteiger partial charge in [-0.3, -0.25) is 14.4 Å². The molecule has 3 N–H and O–H groups in total. The van der Waals surface area contributed by atoms with E-state index in [0.717, 1.165) is 26.0 Å². The zero-order valence-corrected chi connectivity index (χ0v) is 12.7. The molecule has 0 aromatic rings. The summed E-state index contributed by atoms with van der Waals surface area (Å²) in [5, 5.41) is 4.62. The predicted molar refractivity (Wildman–Crippen MR) is 78.2 cm³/mol. The van der Waals surface area contributed by atoms with Crippen molar-refractivity contribution in [2.75, 3.05) is 32.8 Å². The van der Waals surface area contributed by atoms with Gasteiger partial charge in [-0.05, 0) is 26.2 Å². The fourth-order valence-corrected chi connectivity index (χ4v) is 2.87. The number of carbonyl (C=O) groups excluding carboxylic acids is 2. The van der Waals surface area contributed by atoms with E-state index in [1.807, 2.05) is 12.0 Å². The summed E-state index contributed by atoms with van der Waals surface area (Å²) >= 11 is 0. The van der Waals surface area contributed by atoms with E-state index in [0.29, 0.717) is 32.5 Å². The molecule has 0 aliphatic carbocycles. The van der Waals surface area contributed by atoms with Crippen molar-refractivity contribution in [3.63, 3.8) is 0 Å². The van der Waals surface area contributed by atoms with E-state index in [9.17, 15) is 9.59 Å². The number of carbonyl (C=O) groups is 2. The first-order valence-corrected chi connectivity index (χ1v) is 7.82. The number of likely N-dealkylation sites (N-methyl/N-ethyl adjacent to an activating group) is 1. The number of nitrogens with one attached hydrogen (secondary N) is 1. The minimum atomic E-state index is -0.422. The topological polar surface area (TPSA) is 87.9 Å². The SMILES string of the molecule is CCNC(=O)[C@@H]1C[C@H](N)CN1C(=O)CCN1CCCCO1. The molecule has 21 heavy (non-hydrogen) atoms. The van der Waals surface area contributed by atoms with Crippen molar-refractivity contribution >= 4 is 11.8 Å². The lowest BCUT2D eigenvalue weighted by Crippen LogP contribution is -2.46. The van der Waals surface area contributed by atoms with E-state index in [1.54, 1.807) is 4.90 Å². The Morgan fingerprint density at radius 2 is 2.19 bits per heavy atom. The highest BCUT2D eigenvalue weighted by Gasteiger charge is 2.37. The van der Waals surface area contributed by atoms with Gasteiger partial charge in [0.1, 0.15) is 6.04 Å². The van der Waals surface area contributed by atoms with E-state index in [1.165, 1.54) is 0 Å². The van der Waals surface area contributed by atoms with Crippen LogP contribution in [0.25, 0.3) is 0 Å². The smallest absolute Gasteiger partial charge is 0.242 e. The Morgan fingerprint density at radius 3 is 2.86 bits per heavy atom. The van der Waals surface area contributed by atoms with Crippen LogP contribution in [0.15, 0.2) is 0 Å². The van der Waals surface area contributed by atoms with Gasteiger partial charge in [0, 0.05) is 38.6 Å². The van der Waals surface area contributed by atoms with Crippen LogP contribution in [0.5, 0.6) is 0 Å². The molecule has 2 aliphatic heterocycles. The van der Waals surface area contributed by atoms with Gasteiger partial charge in [0.15, 0.2) is 0 Å². The number of nitrogens with two attached hydrogens (primary N) is 1. The van der Waals surface area contributed by atoms with Crippen molar-refractivity contribution in [1.29, 1.82) is 0 Å². The summed E-state index contributed by atoms with van der Waals surface area (Å²) < 4.78 is 0. The summed E-state index contributed by atoms with van der Waals surface area (Å²) in [6.45, 7) is 5.06. The average molecular weight is 298 g/mol. The molecule has 0 saturated carbocycles. The summed E-state index contributed by atoms with van der Waals surface area (Å²) in [4.78, 5) is 31.5. The van der Waals surface area contributed by atoms with Crippen LogP contribution in [0.4, 0.5) is 0 Å². The van der Waals surface area contributed by atoms with Gasteiger partial charge in [0.25, 0.3) is 0 Å². The summed E-state index contributed by atoms with van der Waals surface area (Å²) in [6.07, 6.45) is 3.08. The van der Waals surface area contributed by atoms with Crippen molar-refractivity contribution in [1.82, 2.24) is 15.3 Å². The van der Waals surface area contributed by atoms with Gasteiger partial charge < -0.3 is 16.0 Å². The third-order valence-electron chi connectivity index (χ3n) is 3.96. The molecule has 2 rings (SSSR count). The van der Waals surface area contributed by atoms with Crippen molar-refractivity contribution in [3.8, 4) is 0 Å². The largest absolute Gasteiger partial charge is 0.355 e. The maximum atomic E-state index is 12.4. The Hall–Kier alpha value is -1.18. The lowest BCUT2D eigenvalue weighted by atomic mass is 10.1. The first kappa shape index (κ1) is 16.2. The second kappa shape index (κ2) is 7.72. The zero-order valence-electron chi connectivity index (χ0n) is 12.7. The van der Waals surface area contributed by atoms with Crippen LogP contribution in [0.2, 0.25) is 0 Å². The molecule has 7 nitrogen and oxygen atoms in total. The van der Waals surface area contributed by atoms with Gasteiger partial charge in [-0.25, -0.2) is 0 Å². The van der Waals surface area contributed by atoms with Gasteiger partial charge in [-0.15, -0.1) is 0 Å². The number of amides is 2. The van der Waals surface area contributed by atoms with Gasteiger partial charge in [0.2, 0.25) is 11.8 Å². The second-order valence-corrected chi connectivity index (χ2v) is 5.67. The highest BCUT2D eigenvalue weighted by Crippen LogP contribution is 2.18. The number of rotatable bonds is 5. The maximum absolute atomic E-state index is 12.4. The summed E-state index contributed by atoms with van der Waals surface area (Å²) in [5.41, 5.74) is 5.92. The Labute approximate surface area is 125 Å². The van der Waals surface area contributed by atoms with Crippen molar-refractivity contribution in [2.45, 2.75) is 44.7 Å².